The average Bonchev–Trinajstić information content (AvgIpc) is 3.15. The van der Waals surface area contributed by atoms with Crippen molar-refractivity contribution in [3.05, 3.63) is 24.0 Å². The van der Waals surface area contributed by atoms with Crippen LogP contribution in [-0.4, -0.2) is 31.7 Å². The van der Waals surface area contributed by atoms with Gasteiger partial charge < -0.3 is 21.1 Å². The molecule has 1 heterocycles. The van der Waals surface area contributed by atoms with E-state index in [9.17, 15) is 9.18 Å². The zero-order chi connectivity index (χ0) is 18.4. The molecule has 4 N–H and O–H groups in total. The molecule has 1 amide bonds. The van der Waals surface area contributed by atoms with Crippen LogP contribution in [-0.2, 0) is 9.53 Å². The lowest BCUT2D eigenvalue weighted by Crippen LogP contribution is -2.36. The van der Waals surface area contributed by atoms with E-state index in [1.165, 1.54) is 12.5 Å². The minimum atomic E-state index is -0.369. The van der Waals surface area contributed by atoms with E-state index in [1.54, 1.807) is 12.1 Å². The van der Waals surface area contributed by atoms with Crippen LogP contribution in [0.5, 0.6) is 0 Å². The van der Waals surface area contributed by atoms with Gasteiger partial charge in [-0.1, -0.05) is 19.3 Å². The van der Waals surface area contributed by atoms with Crippen LogP contribution < -0.4 is 16.4 Å². The van der Waals surface area contributed by atoms with Crippen LogP contribution in [0.2, 0.25) is 0 Å². The van der Waals surface area contributed by atoms with E-state index in [4.69, 9.17) is 10.5 Å². The summed E-state index contributed by atoms with van der Waals surface area (Å²) in [6, 6.07) is 4.76. The molecule has 1 saturated heterocycles. The monoisotopic (exact) mass is 435 g/mol. The van der Waals surface area contributed by atoms with Gasteiger partial charge in [0.15, 0.2) is 0 Å². The van der Waals surface area contributed by atoms with Gasteiger partial charge in [0.25, 0.3) is 0 Å². The molecule has 8 heteroatoms. The first-order valence-electron chi connectivity index (χ1n) is 9.75. The van der Waals surface area contributed by atoms with Gasteiger partial charge in [0.05, 0.1) is 11.8 Å². The Labute approximate surface area is 179 Å². The molecule has 0 bridgehead atoms. The second-order valence-corrected chi connectivity index (χ2v) is 7.70. The van der Waals surface area contributed by atoms with E-state index in [0.717, 1.165) is 45.1 Å². The number of ether oxygens (including phenoxy) is 1. The van der Waals surface area contributed by atoms with Crippen molar-refractivity contribution in [3.63, 3.8) is 0 Å². The quantitative estimate of drug-likeness (QED) is 0.589. The second kappa shape index (κ2) is 11.8. The molecule has 0 radical (unpaired) electrons. The predicted molar refractivity (Wildman–Crippen MR) is 116 cm³/mol. The van der Waals surface area contributed by atoms with E-state index < -0.39 is 0 Å². The summed E-state index contributed by atoms with van der Waals surface area (Å²) in [5.74, 6) is -0.455. The summed E-state index contributed by atoms with van der Waals surface area (Å²) in [5, 5.41) is 5.91. The van der Waals surface area contributed by atoms with Crippen molar-refractivity contribution in [2.75, 3.05) is 30.3 Å². The Hall–Kier alpha value is -1.08. The molecule has 2 fully saturated rings. The maximum atomic E-state index is 14.3. The molecule has 28 heavy (non-hydrogen) atoms. The first kappa shape index (κ1) is 25.0. The Morgan fingerprint density at radius 2 is 1.96 bits per heavy atom. The van der Waals surface area contributed by atoms with Gasteiger partial charge >= 0.3 is 0 Å². The number of hydrogen-bond donors (Lipinski definition) is 3. The Morgan fingerprint density at radius 1 is 1.21 bits per heavy atom. The summed E-state index contributed by atoms with van der Waals surface area (Å²) in [7, 11) is 0. The van der Waals surface area contributed by atoms with Gasteiger partial charge in [-0.15, -0.1) is 24.8 Å². The number of nitrogens with one attached hydrogen (secondary N) is 2. The lowest BCUT2D eigenvalue weighted by Gasteiger charge is -2.35. The number of amides is 1. The SMILES string of the molecule is Cl.Cl.NCC1(CC(=O)Nc2ccc(NCC3CCCO3)c(F)c2)CCCCC1. The maximum absolute atomic E-state index is 14.3. The Morgan fingerprint density at radius 3 is 2.57 bits per heavy atom. The normalized spacial score (nSPS) is 20.6. The topological polar surface area (TPSA) is 76.4 Å². The molecule has 1 atom stereocenters. The third-order valence-corrected chi connectivity index (χ3v) is 5.68. The standard InChI is InChI=1S/C20H30FN3O2.2ClH/c21-17-11-15(6-7-18(17)23-13-16-5-4-10-26-16)24-19(25)12-20(14-22)8-2-1-3-9-20;;/h6-7,11,16,23H,1-5,8-10,12-14,22H2,(H,24,25);2*1H. The van der Waals surface area contributed by atoms with Crippen molar-refractivity contribution < 1.29 is 13.9 Å². The van der Waals surface area contributed by atoms with E-state index in [0.29, 0.717) is 30.9 Å². The first-order chi connectivity index (χ1) is 12.6. The molecule has 1 aliphatic carbocycles. The highest BCUT2D eigenvalue weighted by Crippen LogP contribution is 2.38. The number of hydrogen-bond acceptors (Lipinski definition) is 4. The number of benzene rings is 1. The van der Waals surface area contributed by atoms with Crippen molar-refractivity contribution >= 4 is 42.1 Å². The molecule has 160 valence electrons. The van der Waals surface area contributed by atoms with Crippen molar-refractivity contribution in [2.45, 2.75) is 57.5 Å². The molecule has 1 unspecified atom stereocenters. The smallest absolute Gasteiger partial charge is 0.224 e. The molecule has 0 spiro atoms. The van der Waals surface area contributed by atoms with Gasteiger partial charge in [0, 0.05) is 25.3 Å². The summed E-state index contributed by atoms with van der Waals surface area (Å²) in [6.45, 7) is 1.91. The maximum Gasteiger partial charge on any atom is 0.224 e. The fraction of sp³-hybridized carbons (Fsp3) is 0.650. The van der Waals surface area contributed by atoms with Crippen LogP contribution in [0, 0.1) is 11.2 Å². The molecular formula is C20H32Cl2FN3O2. The molecule has 1 aliphatic heterocycles. The molecule has 3 rings (SSSR count). The Kier molecular flexibility index (Phi) is 10.5. The lowest BCUT2D eigenvalue weighted by molar-refractivity contribution is -0.118. The molecule has 1 aromatic carbocycles. The Bertz CT molecular complexity index is 621. The molecule has 2 aliphatic rings. The third-order valence-electron chi connectivity index (χ3n) is 5.68. The average molecular weight is 436 g/mol. The highest BCUT2D eigenvalue weighted by molar-refractivity contribution is 5.91. The fourth-order valence-electron chi connectivity index (χ4n) is 4.07. The lowest BCUT2D eigenvalue weighted by atomic mass is 9.71. The van der Waals surface area contributed by atoms with Crippen LogP contribution in [0.25, 0.3) is 0 Å². The van der Waals surface area contributed by atoms with E-state index in [2.05, 4.69) is 10.6 Å². The van der Waals surface area contributed by atoms with Gasteiger partial charge in [-0.3, -0.25) is 4.79 Å². The number of halogens is 3. The van der Waals surface area contributed by atoms with E-state index in [1.807, 2.05) is 0 Å². The van der Waals surface area contributed by atoms with Gasteiger partial charge in [0.1, 0.15) is 5.82 Å². The molecular weight excluding hydrogens is 404 g/mol. The minimum absolute atomic E-state index is 0. The zero-order valence-corrected chi connectivity index (χ0v) is 17.8. The summed E-state index contributed by atoms with van der Waals surface area (Å²) < 4.78 is 19.8. The molecule has 0 aromatic heterocycles. The fourth-order valence-corrected chi connectivity index (χ4v) is 4.07. The molecule has 1 aromatic rings. The number of carbonyl (C=O) groups is 1. The third kappa shape index (κ3) is 6.76. The van der Waals surface area contributed by atoms with Crippen LogP contribution in [0.4, 0.5) is 15.8 Å². The number of carbonyl (C=O) groups excluding carboxylic acids is 1. The largest absolute Gasteiger partial charge is 0.380 e. The van der Waals surface area contributed by atoms with Gasteiger partial charge in [-0.2, -0.15) is 0 Å². The van der Waals surface area contributed by atoms with Crippen LogP contribution in [0.3, 0.4) is 0 Å². The van der Waals surface area contributed by atoms with Crippen molar-refractivity contribution in [3.8, 4) is 0 Å². The summed E-state index contributed by atoms with van der Waals surface area (Å²) in [5.41, 5.74) is 6.78. The minimum Gasteiger partial charge on any atom is -0.380 e. The summed E-state index contributed by atoms with van der Waals surface area (Å²) in [6.07, 6.45) is 8.09. The highest BCUT2D eigenvalue weighted by atomic mass is 35.5. The summed E-state index contributed by atoms with van der Waals surface area (Å²) >= 11 is 0. The van der Waals surface area contributed by atoms with Crippen molar-refractivity contribution in [1.29, 1.82) is 0 Å². The predicted octanol–water partition coefficient (Wildman–Crippen LogP) is 4.50. The zero-order valence-electron chi connectivity index (χ0n) is 16.2. The van der Waals surface area contributed by atoms with Crippen LogP contribution in [0.15, 0.2) is 18.2 Å². The van der Waals surface area contributed by atoms with Gasteiger partial charge in [0.2, 0.25) is 5.91 Å². The number of anilines is 2. The highest BCUT2D eigenvalue weighted by Gasteiger charge is 2.33. The number of nitrogens with two attached hydrogens (primary N) is 1. The van der Waals surface area contributed by atoms with Crippen molar-refractivity contribution in [1.82, 2.24) is 0 Å². The van der Waals surface area contributed by atoms with Crippen LogP contribution >= 0.6 is 24.8 Å². The van der Waals surface area contributed by atoms with Gasteiger partial charge in [-0.25, -0.2) is 4.39 Å². The Balaban J connectivity index is 0.00000196. The first-order valence-corrected chi connectivity index (χ1v) is 9.75. The molecule has 1 saturated carbocycles. The van der Waals surface area contributed by atoms with E-state index in [-0.39, 0.29) is 48.1 Å². The summed E-state index contributed by atoms with van der Waals surface area (Å²) in [4.78, 5) is 12.4. The van der Waals surface area contributed by atoms with Crippen LogP contribution in [0.1, 0.15) is 51.4 Å². The van der Waals surface area contributed by atoms with Crippen molar-refractivity contribution in [2.24, 2.45) is 11.1 Å². The number of rotatable bonds is 7. The second-order valence-electron chi connectivity index (χ2n) is 7.70. The van der Waals surface area contributed by atoms with E-state index >= 15 is 0 Å². The molecule has 5 nitrogen and oxygen atoms in total. The van der Waals surface area contributed by atoms with Gasteiger partial charge in [-0.05, 0) is 55.8 Å².